The van der Waals surface area contributed by atoms with E-state index in [0.29, 0.717) is 17.5 Å². The first kappa shape index (κ1) is 13.8. The van der Waals surface area contributed by atoms with Crippen LogP contribution in [0.25, 0.3) is 0 Å². The van der Waals surface area contributed by atoms with Gasteiger partial charge in [0.15, 0.2) is 0 Å². The summed E-state index contributed by atoms with van der Waals surface area (Å²) in [4.78, 5) is 16.4. The number of rotatable bonds is 4. The van der Waals surface area contributed by atoms with Gasteiger partial charge in [-0.2, -0.15) is 0 Å². The van der Waals surface area contributed by atoms with Crippen LogP contribution < -0.4 is 10.6 Å². The molecule has 1 aliphatic rings. The summed E-state index contributed by atoms with van der Waals surface area (Å²) in [5.74, 6) is 0.583. The first-order valence-corrected chi connectivity index (χ1v) is 7.21. The van der Waals surface area contributed by atoms with Crippen LogP contribution in [0.4, 0.5) is 5.69 Å². The minimum atomic E-state index is 0.0112. The Kier molecular flexibility index (Phi) is 4.77. The maximum atomic E-state index is 12.4. The third-order valence-electron chi connectivity index (χ3n) is 3.86. The monoisotopic (exact) mass is 261 g/mol. The fourth-order valence-electron chi connectivity index (χ4n) is 2.70. The molecule has 0 aliphatic heterocycles. The Labute approximate surface area is 115 Å². The molecule has 2 unspecified atom stereocenters. The third-order valence-corrected chi connectivity index (χ3v) is 3.86. The molecule has 0 radical (unpaired) electrons. The molecular weight excluding hydrogens is 238 g/mol. The van der Waals surface area contributed by atoms with Gasteiger partial charge in [-0.05, 0) is 31.7 Å². The van der Waals surface area contributed by atoms with Gasteiger partial charge in [-0.25, -0.2) is 0 Å². The van der Waals surface area contributed by atoms with Crippen molar-refractivity contribution in [3.63, 3.8) is 0 Å². The Hall–Kier alpha value is -1.58. The lowest BCUT2D eigenvalue weighted by Crippen LogP contribution is -2.41. The molecule has 0 spiro atoms. The Morgan fingerprint density at radius 2 is 2.21 bits per heavy atom. The summed E-state index contributed by atoms with van der Waals surface area (Å²) in [6.45, 7) is 5.02. The van der Waals surface area contributed by atoms with E-state index in [0.717, 1.165) is 18.7 Å². The second-order valence-electron chi connectivity index (χ2n) is 5.29. The van der Waals surface area contributed by atoms with Crippen LogP contribution in [0.3, 0.4) is 0 Å². The minimum absolute atomic E-state index is 0.0112. The molecule has 1 aromatic rings. The molecule has 4 nitrogen and oxygen atoms in total. The number of carbonyl (C=O) groups excluding carboxylic acids is 1. The fourth-order valence-corrected chi connectivity index (χ4v) is 2.70. The molecule has 19 heavy (non-hydrogen) atoms. The van der Waals surface area contributed by atoms with Crippen molar-refractivity contribution < 1.29 is 4.79 Å². The minimum Gasteiger partial charge on any atom is -0.383 e. The number of amides is 1. The van der Waals surface area contributed by atoms with E-state index in [9.17, 15) is 4.79 Å². The largest absolute Gasteiger partial charge is 0.383 e. The molecule has 1 heterocycles. The smallest absolute Gasteiger partial charge is 0.253 e. The van der Waals surface area contributed by atoms with Crippen LogP contribution in [0.2, 0.25) is 0 Å². The molecule has 104 valence electrons. The van der Waals surface area contributed by atoms with E-state index in [1.54, 1.807) is 18.5 Å². The Morgan fingerprint density at radius 1 is 1.42 bits per heavy atom. The van der Waals surface area contributed by atoms with Crippen LogP contribution in [0.1, 0.15) is 49.9 Å². The van der Waals surface area contributed by atoms with E-state index >= 15 is 0 Å². The standard InChI is InChI=1S/C15H23N3O/c1-3-17-14-10-16-9-8-12(14)15(19)18-13-7-5-4-6-11(13)2/h8-11,13,17H,3-7H2,1-2H3,(H,18,19). The van der Waals surface area contributed by atoms with Gasteiger partial charge in [0.05, 0.1) is 17.4 Å². The molecule has 2 N–H and O–H groups in total. The van der Waals surface area contributed by atoms with Crippen molar-refractivity contribution in [3.8, 4) is 0 Å². The molecule has 0 aromatic carbocycles. The second-order valence-corrected chi connectivity index (χ2v) is 5.29. The van der Waals surface area contributed by atoms with Crippen molar-refractivity contribution in [1.82, 2.24) is 10.3 Å². The number of nitrogens with zero attached hydrogens (tertiary/aromatic N) is 1. The summed E-state index contributed by atoms with van der Waals surface area (Å²) in [5.41, 5.74) is 1.50. The molecule has 1 saturated carbocycles. The van der Waals surface area contributed by atoms with Gasteiger partial charge in [0.1, 0.15) is 0 Å². The topological polar surface area (TPSA) is 54.0 Å². The first-order chi connectivity index (χ1) is 9.22. The average Bonchev–Trinajstić information content (AvgIpc) is 2.42. The van der Waals surface area contributed by atoms with E-state index < -0.39 is 0 Å². The Morgan fingerprint density at radius 3 is 2.95 bits per heavy atom. The summed E-state index contributed by atoms with van der Waals surface area (Å²) in [6.07, 6.45) is 8.18. The number of hydrogen-bond acceptors (Lipinski definition) is 3. The summed E-state index contributed by atoms with van der Waals surface area (Å²) >= 11 is 0. The molecule has 2 rings (SSSR count). The Balaban J connectivity index is 2.06. The van der Waals surface area contributed by atoms with Crippen LogP contribution in [0.15, 0.2) is 18.5 Å². The number of anilines is 1. The number of carbonyl (C=O) groups is 1. The highest BCUT2D eigenvalue weighted by molar-refractivity contribution is 5.99. The maximum Gasteiger partial charge on any atom is 0.253 e. The lowest BCUT2D eigenvalue weighted by molar-refractivity contribution is 0.0911. The van der Waals surface area contributed by atoms with Gasteiger partial charge < -0.3 is 10.6 Å². The molecule has 1 aliphatic carbocycles. The van der Waals surface area contributed by atoms with E-state index in [4.69, 9.17) is 0 Å². The molecular formula is C15H23N3O. The lowest BCUT2D eigenvalue weighted by Gasteiger charge is -2.29. The van der Waals surface area contributed by atoms with Crippen LogP contribution in [-0.4, -0.2) is 23.5 Å². The summed E-state index contributed by atoms with van der Waals surface area (Å²) in [5, 5.41) is 6.36. The normalized spacial score (nSPS) is 22.8. The quantitative estimate of drug-likeness (QED) is 0.876. The van der Waals surface area contributed by atoms with Crippen molar-refractivity contribution in [2.24, 2.45) is 5.92 Å². The van der Waals surface area contributed by atoms with Crippen LogP contribution >= 0.6 is 0 Å². The van der Waals surface area contributed by atoms with Gasteiger partial charge in [0.2, 0.25) is 0 Å². The molecule has 0 bridgehead atoms. The molecule has 2 atom stereocenters. The van der Waals surface area contributed by atoms with Gasteiger partial charge >= 0.3 is 0 Å². The van der Waals surface area contributed by atoms with E-state index in [2.05, 4.69) is 22.5 Å². The molecule has 1 aromatic heterocycles. The Bertz CT molecular complexity index is 433. The lowest BCUT2D eigenvalue weighted by atomic mass is 9.86. The van der Waals surface area contributed by atoms with Crippen molar-refractivity contribution in [2.45, 2.75) is 45.6 Å². The number of pyridine rings is 1. The summed E-state index contributed by atoms with van der Waals surface area (Å²) < 4.78 is 0. The molecule has 1 fully saturated rings. The zero-order valence-electron chi connectivity index (χ0n) is 11.8. The highest BCUT2D eigenvalue weighted by Gasteiger charge is 2.24. The SMILES string of the molecule is CCNc1cnccc1C(=O)NC1CCCCC1C. The number of hydrogen-bond donors (Lipinski definition) is 2. The number of nitrogens with one attached hydrogen (secondary N) is 2. The van der Waals surface area contributed by atoms with E-state index in [1.807, 2.05) is 6.92 Å². The van der Waals surface area contributed by atoms with Crippen LogP contribution in [-0.2, 0) is 0 Å². The highest BCUT2D eigenvalue weighted by atomic mass is 16.1. The van der Waals surface area contributed by atoms with Gasteiger partial charge in [-0.1, -0.05) is 19.8 Å². The van der Waals surface area contributed by atoms with Crippen molar-refractivity contribution in [2.75, 3.05) is 11.9 Å². The zero-order chi connectivity index (χ0) is 13.7. The van der Waals surface area contributed by atoms with Crippen LogP contribution in [0.5, 0.6) is 0 Å². The van der Waals surface area contributed by atoms with Crippen LogP contribution in [0, 0.1) is 5.92 Å². The van der Waals surface area contributed by atoms with Crippen molar-refractivity contribution in [1.29, 1.82) is 0 Å². The van der Waals surface area contributed by atoms with Gasteiger partial charge in [0, 0.05) is 18.8 Å². The third kappa shape index (κ3) is 3.46. The molecule has 1 amide bonds. The predicted molar refractivity (Wildman–Crippen MR) is 77.3 cm³/mol. The summed E-state index contributed by atoms with van der Waals surface area (Å²) in [7, 11) is 0. The average molecular weight is 261 g/mol. The van der Waals surface area contributed by atoms with E-state index in [-0.39, 0.29) is 5.91 Å². The highest BCUT2D eigenvalue weighted by Crippen LogP contribution is 2.24. The van der Waals surface area contributed by atoms with Crippen molar-refractivity contribution >= 4 is 11.6 Å². The van der Waals surface area contributed by atoms with Gasteiger partial charge in [-0.3, -0.25) is 9.78 Å². The van der Waals surface area contributed by atoms with Gasteiger partial charge in [-0.15, -0.1) is 0 Å². The zero-order valence-corrected chi connectivity index (χ0v) is 11.8. The van der Waals surface area contributed by atoms with E-state index in [1.165, 1.54) is 19.3 Å². The van der Waals surface area contributed by atoms with Gasteiger partial charge in [0.25, 0.3) is 5.91 Å². The number of aromatic nitrogens is 1. The molecule has 4 heteroatoms. The predicted octanol–water partition coefficient (Wildman–Crippen LogP) is 2.82. The van der Waals surface area contributed by atoms with Crippen molar-refractivity contribution in [3.05, 3.63) is 24.0 Å². The molecule has 0 saturated heterocycles. The second kappa shape index (κ2) is 6.55. The first-order valence-electron chi connectivity index (χ1n) is 7.21. The fraction of sp³-hybridized carbons (Fsp3) is 0.600. The maximum absolute atomic E-state index is 12.4. The summed E-state index contributed by atoms with van der Waals surface area (Å²) in [6, 6.07) is 2.09.